The van der Waals surface area contributed by atoms with Gasteiger partial charge in [-0.1, -0.05) is 50.6 Å². The van der Waals surface area contributed by atoms with Gasteiger partial charge in [0.1, 0.15) is 0 Å². The fourth-order valence-electron chi connectivity index (χ4n) is 2.06. The van der Waals surface area contributed by atoms with E-state index in [4.69, 9.17) is 5.73 Å². The van der Waals surface area contributed by atoms with Gasteiger partial charge in [0.25, 0.3) is 0 Å². The summed E-state index contributed by atoms with van der Waals surface area (Å²) < 4.78 is 0. The average molecular weight is 248 g/mol. The molecule has 102 valence electrons. The van der Waals surface area contributed by atoms with Crippen LogP contribution in [0.5, 0.6) is 0 Å². The van der Waals surface area contributed by atoms with Crippen LogP contribution in [0.3, 0.4) is 0 Å². The summed E-state index contributed by atoms with van der Waals surface area (Å²) in [6.45, 7) is 7.49. The molecule has 0 spiro atoms. The predicted octanol–water partition coefficient (Wildman–Crippen LogP) is 3.27. The van der Waals surface area contributed by atoms with Crippen LogP contribution in [0.2, 0.25) is 0 Å². The maximum Gasteiger partial charge on any atom is 0.0230 e. The van der Waals surface area contributed by atoms with E-state index in [-0.39, 0.29) is 0 Å². The van der Waals surface area contributed by atoms with Gasteiger partial charge < -0.3 is 10.6 Å². The van der Waals surface area contributed by atoms with Crippen molar-refractivity contribution in [3.05, 3.63) is 35.9 Å². The van der Waals surface area contributed by atoms with E-state index in [0.717, 1.165) is 19.6 Å². The Labute approximate surface area is 112 Å². The van der Waals surface area contributed by atoms with E-state index in [0.29, 0.717) is 5.41 Å². The van der Waals surface area contributed by atoms with Crippen LogP contribution in [0.15, 0.2) is 30.3 Å². The van der Waals surface area contributed by atoms with E-state index >= 15 is 0 Å². The molecule has 1 aromatic rings. The first kappa shape index (κ1) is 15.2. The minimum Gasteiger partial charge on any atom is -0.330 e. The van der Waals surface area contributed by atoms with Crippen molar-refractivity contribution in [3.63, 3.8) is 0 Å². The van der Waals surface area contributed by atoms with Gasteiger partial charge in [-0.15, -0.1) is 0 Å². The SMILES string of the molecule is CN(CCCCC(C)(C)CN)Cc1ccccc1. The Balaban J connectivity index is 2.16. The summed E-state index contributed by atoms with van der Waals surface area (Å²) in [5.41, 5.74) is 7.43. The highest BCUT2D eigenvalue weighted by atomic mass is 15.1. The first-order valence-electron chi connectivity index (χ1n) is 6.96. The normalized spacial score (nSPS) is 12.1. The first-order chi connectivity index (χ1) is 8.53. The maximum absolute atomic E-state index is 5.74. The van der Waals surface area contributed by atoms with Gasteiger partial charge in [0.2, 0.25) is 0 Å². The van der Waals surface area contributed by atoms with Gasteiger partial charge in [0.05, 0.1) is 0 Å². The average Bonchev–Trinajstić information content (AvgIpc) is 2.36. The lowest BCUT2D eigenvalue weighted by Crippen LogP contribution is -2.24. The Morgan fingerprint density at radius 2 is 1.78 bits per heavy atom. The summed E-state index contributed by atoms with van der Waals surface area (Å²) in [7, 11) is 2.20. The van der Waals surface area contributed by atoms with Gasteiger partial charge in [0.15, 0.2) is 0 Å². The molecule has 0 aliphatic carbocycles. The van der Waals surface area contributed by atoms with Crippen molar-refractivity contribution in [3.8, 4) is 0 Å². The van der Waals surface area contributed by atoms with E-state index in [1.807, 2.05) is 0 Å². The molecule has 0 saturated carbocycles. The fourth-order valence-corrected chi connectivity index (χ4v) is 2.06. The van der Waals surface area contributed by atoms with Crippen molar-refractivity contribution in [2.24, 2.45) is 11.1 Å². The van der Waals surface area contributed by atoms with E-state index < -0.39 is 0 Å². The van der Waals surface area contributed by atoms with Crippen LogP contribution >= 0.6 is 0 Å². The summed E-state index contributed by atoms with van der Waals surface area (Å²) in [5, 5.41) is 0. The van der Waals surface area contributed by atoms with E-state index in [1.54, 1.807) is 0 Å². The minimum absolute atomic E-state index is 0.304. The smallest absolute Gasteiger partial charge is 0.0230 e. The molecular formula is C16H28N2. The number of nitrogens with two attached hydrogens (primary N) is 1. The topological polar surface area (TPSA) is 29.3 Å². The third kappa shape index (κ3) is 6.18. The highest BCUT2D eigenvalue weighted by Crippen LogP contribution is 2.21. The third-order valence-corrected chi connectivity index (χ3v) is 3.49. The Kier molecular flexibility index (Phi) is 6.37. The predicted molar refractivity (Wildman–Crippen MR) is 79.5 cm³/mol. The van der Waals surface area contributed by atoms with E-state index in [2.05, 4.69) is 56.1 Å². The monoisotopic (exact) mass is 248 g/mol. The van der Waals surface area contributed by atoms with Gasteiger partial charge in [-0.25, -0.2) is 0 Å². The Morgan fingerprint density at radius 3 is 2.39 bits per heavy atom. The van der Waals surface area contributed by atoms with Gasteiger partial charge in [-0.2, -0.15) is 0 Å². The molecule has 2 heteroatoms. The number of rotatable bonds is 8. The number of unbranched alkanes of at least 4 members (excludes halogenated alkanes) is 1. The summed E-state index contributed by atoms with van der Waals surface area (Å²) >= 11 is 0. The highest BCUT2D eigenvalue weighted by molar-refractivity contribution is 5.14. The standard InChI is InChI=1S/C16H28N2/c1-16(2,14-17)11-7-8-12-18(3)13-15-9-5-4-6-10-15/h4-6,9-10H,7-8,11-14,17H2,1-3H3. The van der Waals surface area contributed by atoms with Gasteiger partial charge in [0, 0.05) is 6.54 Å². The molecule has 2 nitrogen and oxygen atoms in total. The quantitative estimate of drug-likeness (QED) is 0.715. The highest BCUT2D eigenvalue weighted by Gasteiger charge is 2.14. The molecule has 0 aliphatic heterocycles. The van der Waals surface area contributed by atoms with Gasteiger partial charge in [-0.05, 0) is 44.0 Å². The third-order valence-electron chi connectivity index (χ3n) is 3.49. The molecule has 0 saturated heterocycles. The molecule has 0 heterocycles. The molecule has 0 amide bonds. The van der Waals surface area contributed by atoms with Crippen LogP contribution in [-0.4, -0.2) is 25.0 Å². The van der Waals surface area contributed by atoms with Crippen molar-refractivity contribution in [1.29, 1.82) is 0 Å². The lowest BCUT2D eigenvalue weighted by molar-refractivity contribution is 0.289. The summed E-state index contributed by atoms with van der Waals surface area (Å²) in [5.74, 6) is 0. The fraction of sp³-hybridized carbons (Fsp3) is 0.625. The van der Waals surface area contributed by atoms with Gasteiger partial charge >= 0.3 is 0 Å². The molecule has 0 radical (unpaired) electrons. The zero-order chi connectivity index (χ0) is 13.4. The summed E-state index contributed by atoms with van der Waals surface area (Å²) in [6.07, 6.45) is 3.75. The van der Waals surface area contributed by atoms with Gasteiger partial charge in [-0.3, -0.25) is 0 Å². The van der Waals surface area contributed by atoms with Crippen molar-refractivity contribution in [1.82, 2.24) is 4.90 Å². The number of nitrogens with zero attached hydrogens (tertiary/aromatic N) is 1. The first-order valence-corrected chi connectivity index (χ1v) is 6.96. The molecule has 2 N–H and O–H groups in total. The molecule has 0 unspecified atom stereocenters. The number of hydrogen-bond donors (Lipinski definition) is 1. The van der Waals surface area contributed by atoms with Crippen LogP contribution in [-0.2, 0) is 6.54 Å². The van der Waals surface area contributed by atoms with Crippen LogP contribution < -0.4 is 5.73 Å². The second-order valence-electron chi connectivity index (χ2n) is 6.05. The van der Waals surface area contributed by atoms with Crippen molar-refractivity contribution < 1.29 is 0 Å². The van der Waals surface area contributed by atoms with Crippen molar-refractivity contribution in [2.45, 2.75) is 39.7 Å². The second-order valence-corrected chi connectivity index (χ2v) is 6.05. The maximum atomic E-state index is 5.74. The van der Waals surface area contributed by atoms with Crippen LogP contribution in [0.1, 0.15) is 38.7 Å². The molecule has 0 aromatic heterocycles. The minimum atomic E-state index is 0.304. The molecule has 1 aromatic carbocycles. The Bertz CT molecular complexity index is 319. The van der Waals surface area contributed by atoms with Crippen LogP contribution in [0.25, 0.3) is 0 Å². The van der Waals surface area contributed by atoms with Crippen LogP contribution in [0.4, 0.5) is 0 Å². The largest absolute Gasteiger partial charge is 0.330 e. The Morgan fingerprint density at radius 1 is 1.11 bits per heavy atom. The lowest BCUT2D eigenvalue weighted by Gasteiger charge is -2.23. The van der Waals surface area contributed by atoms with Crippen LogP contribution in [0, 0.1) is 5.41 Å². The summed E-state index contributed by atoms with van der Waals surface area (Å²) in [4.78, 5) is 2.39. The zero-order valence-corrected chi connectivity index (χ0v) is 12.2. The van der Waals surface area contributed by atoms with E-state index in [1.165, 1.54) is 24.8 Å². The molecule has 0 fully saturated rings. The molecule has 1 rings (SSSR count). The van der Waals surface area contributed by atoms with Crippen molar-refractivity contribution >= 4 is 0 Å². The molecule has 0 bridgehead atoms. The number of hydrogen-bond acceptors (Lipinski definition) is 2. The Hall–Kier alpha value is -0.860. The molecular weight excluding hydrogens is 220 g/mol. The van der Waals surface area contributed by atoms with Crippen molar-refractivity contribution in [2.75, 3.05) is 20.1 Å². The lowest BCUT2D eigenvalue weighted by atomic mass is 9.87. The molecule has 0 atom stereocenters. The van der Waals surface area contributed by atoms with E-state index in [9.17, 15) is 0 Å². The molecule has 18 heavy (non-hydrogen) atoms. The molecule has 0 aliphatic rings. The second kappa shape index (κ2) is 7.55. The summed E-state index contributed by atoms with van der Waals surface area (Å²) in [6, 6.07) is 10.7. The zero-order valence-electron chi connectivity index (χ0n) is 12.2. The number of benzene rings is 1.